The number of carbonyl (C=O) groups is 1. The molecule has 1 amide bonds. The summed E-state index contributed by atoms with van der Waals surface area (Å²) in [6.45, 7) is 16.9. The summed E-state index contributed by atoms with van der Waals surface area (Å²) >= 11 is 0. The van der Waals surface area contributed by atoms with Gasteiger partial charge in [-0.05, 0) is 64.7 Å². The lowest BCUT2D eigenvalue weighted by Gasteiger charge is -2.46. The van der Waals surface area contributed by atoms with Crippen LogP contribution in [0.25, 0.3) is 0 Å². The van der Waals surface area contributed by atoms with Crippen molar-refractivity contribution in [1.82, 2.24) is 5.32 Å². The maximum atomic E-state index is 12.4. The molecule has 1 aliphatic rings. The van der Waals surface area contributed by atoms with E-state index in [0.29, 0.717) is 19.4 Å². The van der Waals surface area contributed by atoms with Gasteiger partial charge in [0.05, 0.1) is 18.3 Å². The van der Waals surface area contributed by atoms with Crippen LogP contribution in [0.1, 0.15) is 87.5 Å². The van der Waals surface area contributed by atoms with E-state index in [0.717, 1.165) is 19.3 Å². The maximum Gasteiger partial charge on any atom is 0.407 e. The smallest absolute Gasteiger partial charge is 0.407 e. The molecule has 1 N–H and O–H groups in total. The molecule has 26 heavy (non-hydrogen) atoms. The Hall–Kier alpha value is -1.28. The number of alkyl carbamates (subject to hydrolysis) is 1. The van der Waals surface area contributed by atoms with Gasteiger partial charge in [0.15, 0.2) is 0 Å². The lowest BCUT2D eigenvalue weighted by molar-refractivity contribution is -0.0415. The molecule has 5 nitrogen and oxygen atoms in total. The van der Waals surface area contributed by atoms with Crippen molar-refractivity contribution in [2.24, 2.45) is 10.8 Å². The van der Waals surface area contributed by atoms with Gasteiger partial charge < -0.3 is 14.8 Å². The zero-order valence-corrected chi connectivity index (χ0v) is 18.0. The normalized spacial score (nSPS) is 26.0. The first kappa shape index (κ1) is 22.8. The molecule has 0 aromatic carbocycles. The molecule has 1 aliphatic carbocycles. The number of ether oxygens (including phenoxy) is 2. The summed E-state index contributed by atoms with van der Waals surface area (Å²) in [5, 5.41) is 12.2. The van der Waals surface area contributed by atoms with Crippen LogP contribution in [0.2, 0.25) is 0 Å². The van der Waals surface area contributed by atoms with E-state index in [-0.39, 0.29) is 28.6 Å². The highest BCUT2D eigenvalue weighted by Gasteiger charge is 2.42. The molecule has 1 fully saturated rings. The van der Waals surface area contributed by atoms with Crippen molar-refractivity contribution in [1.29, 1.82) is 5.26 Å². The van der Waals surface area contributed by atoms with Crippen LogP contribution in [-0.4, -0.2) is 29.9 Å². The fraction of sp³-hybridized carbons (Fsp3) is 0.905. The van der Waals surface area contributed by atoms with Crippen LogP contribution in [-0.2, 0) is 9.47 Å². The lowest BCUT2D eigenvalue weighted by Crippen LogP contribution is -2.48. The number of carbonyl (C=O) groups excluding carboxylic acids is 1. The predicted molar refractivity (Wildman–Crippen MR) is 104 cm³/mol. The average molecular weight is 367 g/mol. The number of rotatable bonds is 6. The van der Waals surface area contributed by atoms with Crippen LogP contribution in [0, 0.1) is 22.2 Å². The van der Waals surface area contributed by atoms with E-state index in [4.69, 9.17) is 14.7 Å². The van der Waals surface area contributed by atoms with Crippen molar-refractivity contribution in [3.8, 4) is 6.07 Å². The highest BCUT2D eigenvalue weighted by Crippen LogP contribution is 2.47. The van der Waals surface area contributed by atoms with Crippen molar-refractivity contribution < 1.29 is 14.3 Å². The molecule has 0 saturated heterocycles. The highest BCUT2D eigenvalue weighted by molar-refractivity contribution is 5.68. The Bertz CT molecular complexity index is 528. The first-order chi connectivity index (χ1) is 11.7. The van der Waals surface area contributed by atoms with E-state index < -0.39 is 5.60 Å². The van der Waals surface area contributed by atoms with E-state index in [1.54, 1.807) is 0 Å². The fourth-order valence-electron chi connectivity index (χ4n) is 4.16. The Morgan fingerprint density at radius 1 is 1.19 bits per heavy atom. The molecule has 0 aromatic rings. The van der Waals surface area contributed by atoms with Gasteiger partial charge >= 0.3 is 6.09 Å². The van der Waals surface area contributed by atoms with E-state index in [1.807, 2.05) is 34.6 Å². The third-order valence-electron chi connectivity index (χ3n) is 4.88. The van der Waals surface area contributed by atoms with Gasteiger partial charge in [-0.15, -0.1) is 0 Å². The first-order valence-corrected chi connectivity index (χ1v) is 9.66. The molecule has 0 heterocycles. The Morgan fingerprint density at radius 3 is 2.35 bits per heavy atom. The van der Waals surface area contributed by atoms with E-state index in [2.05, 4.69) is 32.2 Å². The van der Waals surface area contributed by atoms with Gasteiger partial charge in [-0.2, -0.15) is 5.26 Å². The maximum absolute atomic E-state index is 12.4. The van der Waals surface area contributed by atoms with Crippen molar-refractivity contribution >= 4 is 6.09 Å². The summed E-state index contributed by atoms with van der Waals surface area (Å²) in [6.07, 6.45) is 3.48. The molecule has 2 atom stereocenters. The number of hydrogen-bond donors (Lipinski definition) is 1. The first-order valence-electron chi connectivity index (χ1n) is 9.66. The van der Waals surface area contributed by atoms with Crippen molar-refractivity contribution in [3.05, 3.63) is 0 Å². The number of nitrogens with zero attached hydrogens (tertiary/aromatic N) is 1. The minimum Gasteiger partial charge on any atom is -0.443 e. The molecule has 1 rings (SSSR count). The van der Waals surface area contributed by atoms with Crippen LogP contribution >= 0.6 is 0 Å². The summed E-state index contributed by atoms with van der Waals surface area (Å²) in [7, 11) is 0. The van der Waals surface area contributed by atoms with Crippen LogP contribution in [0.5, 0.6) is 0 Å². The number of nitrogens with one attached hydrogen (secondary N) is 1. The summed E-state index contributed by atoms with van der Waals surface area (Å²) in [5.74, 6) is 0. The SMILES string of the molecule is CC1(C)CC(NC(=O)OC(C)(C)CCOC(C)(C)C)CC(C)(CC#N)C1. The number of nitriles is 1. The van der Waals surface area contributed by atoms with Gasteiger partial charge in [-0.1, -0.05) is 20.8 Å². The topological polar surface area (TPSA) is 71.3 Å². The Morgan fingerprint density at radius 2 is 1.81 bits per heavy atom. The van der Waals surface area contributed by atoms with Gasteiger partial charge in [0.2, 0.25) is 0 Å². The van der Waals surface area contributed by atoms with E-state index in [1.165, 1.54) is 0 Å². The summed E-state index contributed by atoms with van der Waals surface area (Å²) < 4.78 is 11.4. The standard InChI is InChI=1S/C21H38N2O3/c1-18(2,3)25-12-10-20(6,7)26-17(24)23-16-13-19(4,5)15-21(8,14-16)9-11-22/h16H,9-10,12-15H2,1-8H3,(H,23,24). The van der Waals surface area contributed by atoms with Gasteiger partial charge in [0.1, 0.15) is 5.60 Å². The van der Waals surface area contributed by atoms with Crippen LogP contribution in [0.4, 0.5) is 4.79 Å². The third kappa shape index (κ3) is 8.40. The molecule has 0 radical (unpaired) electrons. The van der Waals surface area contributed by atoms with Gasteiger partial charge in [0, 0.05) is 18.9 Å². The van der Waals surface area contributed by atoms with Crippen molar-refractivity contribution in [2.75, 3.05) is 6.61 Å². The molecule has 5 heteroatoms. The van der Waals surface area contributed by atoms with Gasteiger partial charge in [-0.3, -0.25) is 0 Å². The molecular weight excluding hydrogens is 328 g/mol. The largest absolute Gasteiger partial charge is 0.443 e. The Kier molecular flexibility index (Phi) is 7.15. The monoisotopic (exact) mass is 366 g/mol. The zero-order valence-electron chi connectivity index (χ0n) is 18.0. The molecular formula is C21H38N2O3. The zero-order chi connectivity index (χ0) is 20.2. The summed E-state index contributed by atoms with van der Waals surface area (Å²) in [6, 6.07) is 2.34. The van der Waals surface area contributed by atoms with Crippen molar-refractivity contribution in [2.45, 2.75) is 105 Å². The van der Waals surface area contributed by atoms with Crippen LogP contribution < -0.4 is 5.32 Å². The Labute approximate surface area is 159 Å². The molecule has 0 bridgehead atoms. The molecule has 150 valence electrons. The highest BCUT2D eigenvalue weighted by atomic mass is 16.6. The average Bonchev–Trinajstić information content (AvgIpc) is 2.32. The molecule has 1 saturated carbocycles. The van der Waals surface area contributed by atoms with Gasteiger partial charge in [0.25, 0.3) is 0 Å². The fourth-order valence-corrected chi connectivity index (χ4v) is 4.16. The van der Waals surface area contributed by atoms with E-state index in [9.17, 15) is 4.79 Å². The summed E-state index contributed by atoms with van der Waals surface area (Å²) in [5.41, 5.74) is -0.755. The number of amides is 1. The molecule has 0 aliphatic heterocycles. The van der Waals surface area contributed by atoms with Gasteiger partial charge in [-0.25, -0.2) is 4.79 Å². The molecule has 0 aromatic heterocycles. The lowest BCUT2D eigenvalue weighted by atomic mass is 9.61. The quantitative estimate of drug-likeness (QED) is 0.702. The molecule has 2 unspecified atom stereocenters. The predicted octanol–water partition coefficient (Wildman–Crippen LogP) is 5.20. The second-order valence-corrected chi connectivity index (χ2v) is 10.6. The van der Waals surface area contributed by atoms with Crippen LogP contribution in [0.15, 0.2) is 0 Å². The molecule has 0 spiro atoms. The minimum atomic E-state index is -0.588. The van der Waals surface area contributed by atoms with E-state index >= 15 is 0 Å². The minimum absolute atomic E-state index is 0.0335. The second-order valence-electron chi connectivity index (χ2n) is 10.6. The van der Waals surface area contributed by atoms with Crippen LogP contribution in [0.3, 0.4) is 0 Å². The number of hydrogen-bond acceptors (Lipinski definition) is 4. The Balaban J connectivity index is 2.59. The second kappa shape index (κ2) is 8.17. The van der Waals surface area contributed by atoms with Crippen molar-refractivity contribution in [3.63, 3.8) is 0 Å². The summed E-state index contributed by atoms with van der Waals surface area (Å²) in [4.78, 5) is 12.4. The third-order valence-corrected chi connectivity index (χ3v) is 4.88.